The number of hydrogen-bond acceptors (Lipinski definition) is 6. The van der Waals surface area contributed by atoms with Gasteiger partial charge in [-0.25, -0.2) is 0 Å². The van der Waals surface area contributed by atoms with Gasteiger partial charge in [0.25, 0.3) is 0 Å². The van der Waals surface area contributed by atoms with E-state index < -0.39 is 28.6 Å². The standard InChI is InChI=1S/C16H16N4O2/c1-10(2)12-14(7-17,8-18)15(9-19)11-5-3-4-6-16(11,21-12)22-13(15)20/h4,6,10-12,20H,3,5H2,1-2H3. The minimum absolute atomic E-state index is 0.172. The van der Waals surface area contributed by atoms with Gasteiger partial charge in [-0.15, -0.1) is 0 Å². The molecule has 0 aromatic rings. The first-order valence-corrected chi connectivity index (χ1v) is 7.31. The highest BCUT2D eigenvalue weighted by molar-refractivity contribution is 5.89. The fraction of sp³-hybridized carbons (Fsp3) is 0.625. The predicted octanol–water partition coefficient (Wildman–Crippen LogP) is 2.25. The molecule has 112 valence electrons. The summed E-state index contributed by atoms with van der Waals surface area (Å²) in [6, 6.07) is 6.17. The predicted molar refractivity (Wildman–Crippen MR) is 74.8 cm³/mol. The molecule has 0 aromatic heterocycles. The highest BCUT2D eigenvalue weighted by Gasteiger charge is 2.80. The average Bonchev–Trinajstić information content (AvgIpc) is 2.72. The Balaban J connectivity index is 2.35. The number of ether oxygens (including phenoxy) is 2. The highest BCUT2D eigenvalue weighted by atomic mass is 16.7. The van der Waals surface area contributed by atoms with Crippen LogP contribution < -0.4 is 0 Å². The molecule has 0 aromatic carbocycles. The van der Waals surface area contributed by atoms with Crippen LogP contribution in [0.15, 0.2) is 12.2 Å². The van der Waals surface area contributed by atoms with E-state index in [9.17, 15) is 15.8 Å². The molecule has 2 aliphatic heterocycles. The van der Waals surface area contributed by atoms with Crippen molar-refractivity contribution in [3.63, 3.8) is 0 Å². The van der Waals surface area contributed by atoms with E-state index in [0.29, 0.717) is 12.8 Å². The Hall–Kier alpha value is -2.36. The smallest absolute Gasteiger partial charge is 0.237 e. The Morgan fingerprint density at radius 2 is 1.95 bits per heavy atom. The van der Waals surface area contributed by atoms with Crippen LogP contribution in [-0.2, 0) is 9.47 Å². The summed E-state index contributed by atoms with van der Waals surface area (Å²) < 4.78 is 11.7. The molecule has 0 saturated carbocycles. The minimum atomic E-state index is -1.75. The van der Waals surface area contributed by atoms with Crippen LogP contribution in [0.25, 0.3) is 0 Å². The molecule has 6 nitrogen and oxygen atoms in total. The lowest BCUT2D eigenvalue weighted by atomic mass is 9.51. The van der Waals surface area contributed by atoms with Gasteiger partial charge in [-0.2, -0.15) is 15.8 Å². The van der Waals surface area contributed by atoms with E-state index in [4.69, 9.17) is 14.9 Å². The van der Waals surface area contributed by atoms with E-state index in [0.717, 1.165) is 0 Å². The average molecular weight is 296 g/mol. The Morgan fingerprint density at radius 1 is 1.27 bits per heavy atom. The van der Waals surface area contributed by atoms with Crippen molar-refractivity contribution in [2.24, 2.45) is 22.7 Å². The number of hydrogen-bond donors (Lipinski definition) is 1. The molecule has 1 N–H and O–H groups in total. The Kier molecular flexibility index (Phi) is 2.86. The van der Waals surface area contributed by atoms with Gasteiger partial charge < -0.3 is 9.47 Å². The summed E-state index contributed by atoms with van der Waals surface area (Å²) in [5.74, 6) is -2.21. The minimum Gasteiger partial charge on any atom is -0.444 e. The van der Waals surface area contributed by atoms with Crippen molar-refractivity contribution >= 4 is 5.90 Å². The Bertz CT molecular complexity index is 678. The zero-order chi connectivity index (χ0) is 16.2. The maximum Gasteiger partial charge on any atom is 0.237 e. The highest BCUT2D eigenvalue weighted by Crippen LogP contribution is 2.65. The summed E-state index contributed by atoms with van der Waals surface area (Å²) in [7, 11) is 0. The number of nitrogens with one attached hydrogen (secondary N) is 1. The second-order valence-corrected chi connectivity index (χ2v) is 6.42. The molecule has 2 bridgehead atoms. The molecule has 0 spiro atoms. The summed E-state index contributed by atoms with van der Waals surface area (Å²) in [6.07, 6.45) is 4.09. The van der Waals surface area contributed by atoms with Crippen LogP contribution in [0.4, 0.5) is 0 Å². The normalized spacial score (nSPS) is 41.0. The fourth-order valence-electron chi connectivity index (χ4n) is 4.14. The third kappa shape index (κ3) is 1.29. The van der Waals surface area contributed by atoms with Crippen LogP contribution in [0.2, 0.25) is 0 Å². The first-order chi connectivity index (χ1) is 10.4. The molecule has 0 amide bonds. The quantitative estimate of drug-likeness (QED) is 0.745. The van der Waals surface area contributed by atoms with E-state index in [1.54, 1.807) is 6.08 Å². The Labute approximate surface area is 129 Å². The van der Waals surface area contributed by atoms with E-state index in [2.05, 4.69) is 6.07 Å². The third-order valence-corrected chi connectivity index (χ3v) is 5.09. The van der Waals surface area contributed by atoms with Crippen LogP contribution in [0.3, 0.4) is 0 Å². The maximum atomic E-state index is 9.92. The molecule has 2 heterocycles. The van der Waals surface area contributed by atoms with Gasteiger partial charge in [-0.05, 0) is 24.8 Å². The topological polar surface area (TPSA) is 114 Å². The zero-order valence-electron chi connectivity index (χ0n) is 12.5. The number of nitriles is 3. The second-order valence-electron chi connectivity index (χ2n) is 6.42. The summed E-state index contributed by atoms with van der Waals surface area (Å²) >= 11 is 0. The fourth-order valence-corrected chi connectivity index (χ4v) is 4.14. The van der Waals surface area contributed by atoms with Crippen LogP contribution >= 0.6 is 0 Å². The van der Waals surface area contributed by atoms with Crippen LogP contribution in [0, 0.1) is 62.1 Å². The monoisotopic (exact) mass is 296 g/mol. The van der Waals surface area contributed by atoms with E-state index in [1.165, 1.54) is 0 Å². The van der Waals surface area contributed by atoms with Gasteiger partial charge in [-0.1, -0.05) is 19.9 Å². The number of rotatable bonds is 1. The number of allylic oxidation sites excluding steroid dienone is 1. The van der Waals surface area contributed by atoms with Gasteiger partial charge in [0.15, 0.2) is 10.8 Å². The summed E-state index contributed by atoms with van der Waals surface area (Å²) in [4.78, 5) is 0. The van der Waals surface area contributed by atoms with Crippen molar-refractivity contribution < 1.29 is 9.47 Å². The van der Waals surface area contributed by atoms with Crippen molar-refractivity contribution in [2.75, 3.05) is 0 Å². The van der Waals surface area contributed by atoms with Crippen molar-refractivity contribution in [1.29, 1.82) is 21.2 Å². The van der Waals surface area contributed by atoms with Crippen molar-refractivity contribution in [3.05, 3.63) is 12.2 Å². The second kappa shape index (κ2) is 4.32. The van der Waals surface area contributed by atoms with E-state index >= 15 is 0 Å². The molecular formula is C16H16N4O2. The molecule has 3 rings (SSSR count). The largest absolute Gasteiger partial charge is 0.444 e. The van der Waals surface area contributed by atoms with Crippen LogP contribution in [0.1, 0.15) is 26.7 Å². The van der Waals surface area contributed by atoms with Gasteiger partial charge in [0.05, 0.1) is 30.2 Å². The first kappa shape index (κ1) is 14.6. The molecule has 4 atom stereocenters. The van der Waals surface area contributed by atoms with Gasteiger partial charge in [-0.3, -0.25) is 5.41 Å². The Morgan fingerprint density at radius 3 is 2.50 bits per heavy atom. The molecule has 2 saturated heterocycles. The van der Waals surface area contributed by atoms with Crippen LogP contribution in [0.5, 0.6) is 0 Å². The van der Waals surface area contributed by atoms with E-state index in [-0.39, 0.29) is 11.8 Å². The van der Waals surface area contributed by atoms with Crippen molar-refractivity contribution in [1.82, 2.24) is 0 Å². The molecule has 0 radical (unpaired) electrons. The maximum absolute atomic E-state index is 9.92. The van der Waals surface area contributed by atoms with Gasteiger partial charge in [0.1, 0.15) is 0 Å². The molecule has 22 heavy (non-hydrogen) atoms. The van der Waals surface area contributed by atoms with Crippen LogP contribution in [-0.4, -0.2) is 17.8 Å². The third-order valence-electron chi connectivity index (χ3n) is 5.09. The molecule has 1 aliphatic carbocycles. The zero-order valence-corrected chi connectivity index (χ0v) is 12.5. The first-order valence-electron chi connectivity index (χ1n) is 7.31. The summed E-state index contributed by atoms with van der Waals surface area (Å²) in [6.45, 7) is 3.68. The summed E-state index contributed by atoms with van der Waals surface area (Å²) in [5, 5.41) is 37.8. The van der Waals surface area contributed by atoms with Gasteiger partial charge in [0, 0.05) is 0 Å². The molecule has 6 heteroatoms. The van der Waals surface area contributed by atoms with Crippen molar-refractivity contribution in [3.8, 4) is 18.2 Å². The lowest BCUT2D eigenvalue weighted by Gasteiger charge is -2.51. The van der Waals surface area contributed by atoms with Gasteiger partial charge in [0.2, 0.25) is 11.7 Å². The summed E-state index contributed by atoms with van der Waals surface area (Å²) in [5.41, 5.74) is -3.34. The van der Waals surface area contributed by atoms with Crippen molar-refractivity contribution in [2.45, 2.75) is 38.6 Å². The molecule has 4 unspecified atom stereocenters. The molecular weight excluding hydrogens is 280 g/mol. The molecule has 3 aliphatic rings. The number of nitrogens with zero attached hydrogens (tertiary/aromatic N) is 3. The lowest BCUT2D eigenvalue weighted by Crippen LogP contribution is -2.63. The lowest BCUT2D eigenvalue weighted by molar-refractivity contribution is -0.264. The SMILES string of the molecule is CC(C)C1OC23C=CCCC2C(C#N)(C(=N)O3)C1(C#N)C#N. The van der Waals surface area contributed by atoms with E-state index in [1.807, 2.05) is 32.1 Å². The molecule has 2 fully saturated rings. The van der Waals surface area contributed by atoms with Gasteiger partial charge >= 0.3 is 0 Å².